The molecule has 0 N–H and O–H groups in total. The van der Waals surface area contributed by atoms with Gasteiger partial charge in [-0.15, -0.1) is 0 Å². The van der Waals surface area contributed by atoms with Crippen LogP contribution in [-0.2, 0) is 16.2 Å². The molecule has 0 aliphatic heterocycles. The van der Waals surface area contributed by atoms with Crippen molar-refractivity contribution in [2.75, 3.05) is 13.2 Å². The Balaban J connectivity index is 1.74. The van der Waals surface area contributed by atoms with E-state index in [0.29, 0.717) is 0 Å². The Hall–Kier alpha value is -3.52. The molecule has 5 rings (SSSR count). The molecule has 0 heterocycles. The summed E-state index contributed by atoms with van der Waals surface area (Å²) in [4.78, 5) is 0. The summed E-state index contributed by atoms with van der Waals surface area (Å²) in [6, 6.07) is 32.4. The molecule has 0 fully saturated rings. The van der Waals surface area contributed by atoms with Gasteiger partial charge in [0.25, 0.3) is 0 Å². The summed E-state index contributed by atoms with van der Waals surface area (Å²) in [6.07, 6.45) is 8.02. The minimum Gasteiger partial charge on any atom is -0.494 e. The van der Waals surface area contributed by atoms with E-state index in [1.807, 2.05) is 0 Å². The summed E-state index contributed by atoms with van der Waals surface area (Å²) in [5.41, 5.74) is 10.2. The Morgan fingerprint density at radius 1 is 0.522 bits per heavy atom. The molecule has 0 unspecified atom stereocenters. The van der Waals surface area contributed by atoms with Gasteiger partial charge in [-0.2, -0.15) is 0 Å². The molecule has 4 aromatic rings. The predicted molar refractivity (Wildman–Crippen MR) is 196 cm³/mol. The van der Waals surface area contributed by atoms with Crippen LogP contribution in [0.15, 0.2) is 84.9 Å². The van der Waals surface area contributed by atoms with Crippen LogP contribution in [0.4, 0.5) is 0 Å². The van der Waals surface area contributed by atoms with E-state index < -0.39 is 5.41 Å². The minimum atomic E-state index is -0.479. The molecule has 0 spiro atoms. The lowest BCUT2D eigenvalue weighted by molar-refractivity contribution is 0.306. The number of benzene rings is 4. The van der Waals surface area contributed by atoms with Gasteiger partial charge < -0.3 is 9.47 Å². The van der Waals surface area contributed by atoms with Crippen LogP contribution in [-0.4, -0.2) is 13.2 Å². The lowest BCUT2D eigenvalue weighted by atomic mass is 9.66. The van der Waals surface area contributed by atoms with Crippen LogP contribution >= 0.6 is 0 Å². The van der Waals surface area contributed by atoms with Gasteiger partial charge in [0.15, 0.2) is 0 Å². The van der Waals surface area contributed by atoms with E-state index in [9.17, 15) is 0 Å². The zero-order valence-corrected chi connectivity index (χ0v) is 29.8. The molecular formula is C44H56O2. The molecule has 244 valence electrons. The topological polar surface area (TPSA) is 18.5 Å². The third-order valence-electron chi connectivity index (χ3n) is 10.3. The van der Waals surface area contributed by atoms with Crippen molar-refractivity contribution in [1.82, 2.24) is 0 Å². The monoisotopic (exact) mass is 616 g/mol. The summed E-state index contributed by atoms with van der Waals surface area (Å²) in [5, 5.41) is 0. The van der Waals surface area contributed by atoms with Crippen molar-refractivity contribution in [3.8, 4) is 22.6 Å². The number of rotatable bonds is 14. The van der Waals surface area contributed by atoms with Crippen LogP contribution in [0.3, 0.4) is 0 Å². The van der Waals surface area contributed by atoms with Gasteiger partial charge in [-0.25, -0.2) is 0 Å². The fourth-order valence-electron chi connectivity index (χ4n) is 6.89. The van der Waals surface area contributed by atoms with Crippen LogP contribution in [0.25, 0.3) is 11.1 Å². The van der Waals surface area contributed by atoms with Crippen molar-refractivity contribution >= 4 is 0 Å². The summed E-state index contributed by atoms with van der Waals surface area (Å²) >= 11 is 0. The van der Waals surface area contributed by atoms with Gasteiger partial charge in [0.05, 0.1) is 18.6 Å². The first-order valence-electron chi connectivity index (χ1n) is 17.8. The molecule has 0 saturated carbocycles. The number of hydrogen-bond donors (Lipinski definition) is 0. The highest BCUT2D eigenvalue weighted by atomic mass is 16.5. The Morgan fingerprint density at radius 2 is 0.957 bits per heavy atom. The Kier molecular flexibility index (Phi) is 10.4. The quantitative estimate of drug-likeness (QED) is 0.116. The molecule has 1 aliphatic rings. The molecular weight excluding hydrogens is 560 g/mol. The third kappa shape index (κ3) is 6.64. The fraction of sp³-hybridized carbons (Fsp3) is 0.455. The summed E-state index contributed by atoms with van der Waals surface area (Å²) in [7, 11) is 0. The second-order valence-electron chi connectivity index (χ2n) is 14.9. The number of fused-ring (bicyclic) bond motifs is 3. The first-order valence-corrected chi connectivity index (χ1v) is 17.8. The molecule has 0 aromatic heterocycles. The zero-order valence-electron chi connectivity index (χ0n) is 29.8. The smallest absolute Gasteiger partial charge is 0.119 e. The maximum Gasteiger partial charge on any atom is 0.119 e. The first kappa shape index (κ1) is 33.8. The highest BCUT2D eigenvalue weighted by Crippen LogP contribution is 2.57. The average molecular weight is 617 g/mol. The Morgan fingerprint density at radius 3 is 1.37 bits per heavy atom. The molecule has 4 aromatic carbocycles. The van der Waals surface area contributed by atoms with Gasteiger partial charge in [-0.05, 0) is 98.9 Å². The highest BCUT2D eigenvalue weighted by Gasteiger charge is 2.47. The van der Waals surface area contributed by atoms with Gasteiger partial charge in [0, 0.05) is 0 Å². The van der Waals surface area contributed by atoms with E-state index in [2.05, 4.69) is 140 Å². The van der Waals surface area contributed by atoms with E-state index in [1.54, 1.807) is 0 Å². The minimum absolute atomic E-state index is 0.0251. The summed E-state index contributed by atoms with van der Waals surface area (Å²) in [5.74, 6) is 1.88. The second kappa shape index (κ2) is 14.1. The highest BCUT2D eigenvalue weighted by molar-refractivity contribution is 5.87. The number of unbranched alkanes of at least 4 members (excludes halogenated alkanes) is 4. The zero-order chi connectivity index (χ0) is 33.0. The molecule has 2 heteroatoms. The van der Waals surface area contributed by atoms with Crippen molar-refractivity contribution < 1.29 is 9.47 Å². The van der Waals surface area contributed by atoms with Crippen LogP contribution in [0.2, 0.25) is 0 Å². The van der Waals surface area contributed by atoms with Gasteiger partial charge >= 0.3 is 0 Å². The molecule has 0 saturated heterocycles. The molecule has 0 bridgehead atoms. The maximum absolute atomic E-state index is 6.20. The van der Waals surface area contributed by atoms with Gasteiger partial charge in [-0.3, -0.25) is 0 Å². The maximum atomic E-state index is 6.20. The Labute approximate surface area is 279 Å². The standard InChI is InChI=1S/C44H56O2/c1-9-12-14-28-45-36-22-16-32(17-23-36)44(33-18-24-37(25-19-33)46-29-15-13-10-2)40-30-34(42(4,5)6)20-26-38(40)39-27-21-35(31-41(39)44)43(7,8)11-3/h16-27,30-31H,9-15,28-29H2,1-8H3. The fourth-order valence-corrected chi connectivity index (χ4v) is 6.89. The van der Waals surface area contributed by atoms with E-state index >= 15 is 0 Å². The van der Waals surface area contributed by atoms with E-state index in [0.717, 1.165) is 44.0 Å². The molecule has 46 heavy (non-hydrogen) atoms. The van der Waals surface area contributed by atoms with Gasteiger partial charge in [-0.1, -0.05) is 142 Å². The molecule has 0 amide bonds. The van der Waals surface area contributed by atoms with Crippen LogP contribution < -0.4 is 9.47 Å². The average Bonchev–Trinajstić information content (AvgIpc) is 3.35. The van der Waals surface area contributed by atoms with Gasteiger partial charge in [0.1, 0.15) is 11.5 Å². The number of ether oxygens (including phenoxy) is 2. The van der Waals surface area contributed by atoms with E-state index in [-0.39, 0.29) is 10.8 Å². The molecule has 1 aliphatic carbocycles. The largest absolute Gasteiger partial charge is 0.494 e. The van der Waals surface area contributed by atoms with Crippen molar-refractivity contribution in [2.24, 2.45) is 0 Å². The van der Waals surface area contributed by atoms with Crippen LogP contribution in [0.5, 0.6) is 11.5 Å². The third-order valence-corrected chi connectivity index (χ3v) is 10.3. The normalized spacial score (nSPS) is 13.7. The van der Waals surface area contributed by atoms with Crippen molar-refractivity contribution in [3.05, 3.63) is 118 Å². The SMILES string of the molecule is CCCCCOc1ccc(C2(c3ccc(OCCCCC)cc3)c3cc(C(C)(C)C)ccc3-c3ccc(C(C)(C)CC)cc32)cc1. The van der Waals surface area contributed by atoms with Gasteiger partial charge in [0.2, 0.25) is 0 Å². The van der Waals surface area contributed by atoms with Crippen LogP contribution in [0, 0.1) is 0 Å². The van der Waals surface area contributed by atoms with Crippen molar-refractivity contribution in [3.63, 3.8) is 0 Å². The second-order valence-corrected chi connectivity index (χ2v) is 14.9. The summed E-state index contributed by atoms with van der Waals surface area (Å²) in [6.45, 7) is 20.0. The van der Waals surface area contributed by atoms with E-state index in [1.165, 1.54) is 70.2 Å². The lowest BCUT2D eigenvalue weighted by Gasteiger charge is -2.36. The molecule has 0 atom stereocenters. The summed E-state index contributed by atoms with van der Waals surface area (Å²) < 4.78 is 12.4. The lowest BCUT2D eigenvalue weighted by Crippen LogP contribution is -2.30. The predicted octanol–water partition coefficient (Wildman–Crippen LogP) is 12.2. The molecule has 0 radical (unpaired) electrons. The van der Waals surface area contributed by atoms with Crippen molar-refractivity contribution in [1.29, 1.82) is 0 Å². The van der Waals surface area contributed by atoms with Crippen LogP contribution in [0.1, 0.15) is 134 Å². The Bertz CT molecular complexity index is 1530. The van der Waals surface area contributed by atoms with E-state index in [4.69, 9.17) is 9.47 Å². The molecule has 2 nitrogen and oxygen atoms in total. The first-order chi connectivity index (χ1) is 22.1. The van der Waals surface area contributed by atoms with Crippen molar-refractivity contribution in [2.45, 2.75) is 117 Å². The number of hydrogen-bond acceptors (Lipinski definition) is 2.